The van der Waals surface area contributed by atoms with Crippen LogP contribution in [0.3, 0.4) is 0 Å². The van der Waals surface area contributed by atoms with Crippen molar-refractivity contribution in [3.05, 3.63) is 21.3 Å². The van der Waals surface area contributed by atoms with Crippen LogP contribution in [-0.4, -0.2) is 17.4 Å². The summed E-state index contributed by atoms with van der Waals surface area (Å²) in [6.07, 6.45) is 1.90. The van der Waals surface area contributed by atoms with Crippen molar-refractivity contribution in [1.82, 2.24) is 4.98 Å². The predicted molar refractivity (Wildman–Crippen MR) is 70.8 cm³/mol. The Hall–Kier alpha value is -0.710. The van der Waals surface area contributed by atoms with Gasteiger partial charge in [-0.25, -0.2) is 4.98 Å². The van der Waals surface area contributed by atoms with Crippen LogP contribution in [0.5, 0.6) is 0 Å². The van der Waals surface area contributed by atoms with Gasteiger partial charge in [-0.2, -0.15) is 0 Å². The van der Waals surface area contributed by atoms with Crippen LogP contribution in [0.2, 0.25) is 15.2 Å². The molecule has 1 rings (SSSR count). The summed E-state index contributed by atoms with van der Waals surface area (Å²) >= 11 is 17.4. The standard InChI is InChI=1S/C10H12Cl3N3O/c11-6-5-7(12)10(16-9(6)13)15-4-2-1-3-8(14)17/h5H,1-4H2,(H2,14,17)(H,15,16). The summed E-state index contributed by atoms with van der Waals surface area (Å²) < 4.78 is 0. The van der Waals surface area contributed by atoms with Gasteiger partial charge in [0.05, 0.1) is 10.0 Å². The van der Waals surface area contributed by atoms with Gasteiger partial charge in [-0.3, -0.25) is 4.79 Å². The van der Waals surface area contributed by atoms with Crippen LogP contribution < -0.4 is 11.1 Å². The highest BCUT2D eigenvalue weighted by Gasteiger charge is 2.07. The molecule has 3 N–H and O–H groups in total. The highest BCUT2D eigenvalue weighted by molar-refractivity contribution is 6.42. The number of rotatable bonds is 6. The van der Waals surface area contributed by atoms with Crippen molar-refractivity contribution in [3.8, 4) is 0 Å². The third-order valence-corrected chi connectivity index (χ3v) is 2.99. The molecule has 0 aliphatic carbocycles. The Morgan fingerprint density at radius 2 is 2.00 bits per heavy atom. The number of carbonyl (C=O) groups is 1. The number of pyridine rings is 1. The summed E-state index contributed by atoms with van der Waals surface area (Å²) in [5.74, 6) is 0.191. The average molecular weight is 297 g/mol. The Morgan fingerprint density at radius 1 is 1.29 bits per heavy atom. The lowest BCUT2D eigenvalue weighted by Gasteiger charge is -2.08. The van der Waals surface area contributed by atoms with Crippen LogP contribution in [0.15, 0.2) is 6.07 Å². The number of nitrogens with one attached hydrogen (secondary N) is 1. The van der Waals surface area contributed by atoms with Crippen LogP contribution in [0.25, 0.3) is 0 Å². The van der Waals surface area contributed by atoms with Crippen molar-refractivity contribution in [2.75, 3.05) is 11.9 Å². The number of amides is 1. The highest BCUT2D eigenvalue weighted by Crippen LogP contribution is 2.28. The summed E-state index contributed by atoms with van der Waals surface area (Å²) in [7, 11) is 0. The fourth-order valence-corrected chi connectivity index (χ4v) is 1.76. The van der Waals surface area contributed by atoms with Gasteiger partial charge >= 0.3 is 0 Å². The van der Waals surface area contributed by atoms with E-state index in [4.69, 9.17) is 40.5 Å². The number of unbranched alkanes of at least 4 members (excludes halogenated alkanes) is 1. The van der Waals surface area contributed by atoms with Gasteiger partial charge in [-0.05, 0) is 18.9 Å². The van der Waals surface area contributed by atoms with Gasteiger partial charge in [0.25, 0.3) is 0 Å². The molecule has 0 radical (unpaired) electrons. The number of aromatic nitrogens is 1. The van der Waals surface area contributed by atoms with Crippen LogP contribution in [0.4, 0.5) is 5.82 Å². The quantitative estimate of drug-likeness (QED) is 0.626. The Morgan fingerprint density at radius 3 is 2.65 bits per heavy atom. The van der Waals surface area contributed by atoms with Crippen molar-refractivity contribution in [3.63, 3.8) is 0 Å². The first kappa shape index (κ1) is 14.4. The van der Waals surface area contributed by atoms with E-state index >= 15 is 0 Å². The summed E-state index contributed by atoms with van der Waals surface area (Å²) in [4.78, 5) is 14.5. The maximum Gasteiger partial charge on any atom is 0.217 e. The minimum Gasteiger partial charge on any atom is -0.370 e. The van der Waals surface area contributed by atoms with Crippen molar-refractivity contribution < 1.29 is 4.79 Å². The number of anilines is 1. The van der Waals surface area contributed by atoms with E-state index < -0.39 is 0 Å². The molecule has 7 heteroatoms. The number of nitrogens with two attached hydrogens (primary N) is 1. The molecule has 0 saturated carbocycles. The molecule has 1 heterocycles. The van der Waals surface area contributed by atoms with E-state index in [0.717, 1.165) is 12.8 Å². The van der Waals surface area contributed by atoms with Gasteiger partial charge < -0.3 is 11.1 Å². The lowest BCUT2D eigenvalue weighted by atomic mass is 10.2. The minimum atomic E-state index is -0.296. The van der Waals surface area contributed by atoms with Crippen LogP contribution in [-0.2, 0) is 4.79 Å². The van der Waals surface area contributed by atoms with Crippen molar-refractivity contribution in [2.24, 2.45) is 5.73 Å². The highest BCUT2D eigenvalue weighted by atomic mass is 35.5. The molecule has 1 aromatic heterocycles. The van der Waals surface area contributed by atoms with E-state index in [9.17, 15) is 4.79 Å². The van der Waals surface area contributed by atoms with E-state index in [-0.39, 0.29) is 11.1 Å². The van der Waals surface area contributed by atoms with Crippen LogP contribution in [0, 0.1) is 0 Å². The summed E-state index contributed by atoms with van der Waals surface area (Å²) in [6, 6.07) is 1.53. The van der Waals surface area contributed by atoms with Crippen molar-refractivity contribution in [1.29, 1.82) is 0 Å². The van der Waals surface area contributed by atoms with E-state index in [1.54, 1.807) is 0 Å². The second-order valence-electron chi connectivity index (χ2n) is 3.44. The molecule has 4 nitrogen and oxygen atoms in total. The SMILES string of the molecule is NC(=O)CCCCNc1nc(Cl)c(Cl)cc1Cl. The normalized spacial score (nSPS) is 10.3. The topological polar surface area (TPSA) is 68.0 Å². The first-order chi connectivity index (χ1) is 8.00. The van der Waals surface area contributed by atoms with E-state index in [2.05, 4.69) is 10.3 Å². The number of hydrogen-bond donors (Lipinski definition) is 2. The van der Waals surface area contributed by atoms with Gasteiger partial charge in [0, 0.05) is 13.0 Å². The van der Waals surface area contributed by atoms with Gasteiger partial charge in [-0.1, -0.05) is 34.8 Å². The molecule has 1 aromatic rings. The fourth-order valence-electron chi connectivity index (χ4n) is 1.20. The lowest BCUT2D eigenvalue weighted by molar-refractivity contribution is -0.118. The Kier molecular flexibility index (Phi) is 5.82. The van der Waals surface area contributed by atoms with E-state index in [0.29, 0.717) is 28.8 Å². The Bertz CT molecular complexity index is 412. The molecule has 0 atom stereocenters. The Labute approximate surface area is 114 Å². The Balaban J connectivity index is 2.41. The maximum atomic E-state index is 10.5. The molecule has 0 unspecified atom stereocenters. The van der Waals surface area contributed by atoms with Crippen LogP contribution >= 0.6 is 34.8 Å². The lowest BCUT2D eigenvalue weighted by Crippen LogP contribution is -2.11. The molecule has 0 fully saturated rings. The molecule has 0 saturated heterocycles. The third-order valence-electron chi connectivity index (χ3n) is 2.03. The zero-order chi connectivity index (χ0) is 12.8. The molecular formula is C10H12Cl3N3O. The monoisotopic (exact) mass is 295 g/mol. The molecule has 1 amide bonds. The molecule has 0 spiro atoms. The largest absolute Gasteiger partial charge is 0.370 e. The van der Waals surface area contributed by atoms with E-state index in [1.807, 2.05) is 0 Å². The second-order valence-corrected chi connectivity index (χ2v) is 4.61. The zero-order valence-corrected chi connectivity index (χ0v) is 11.2. The fraction of sp³-hybridized carbons (Fsp3) is 0.400. The molecule has 0 aromatic carbocycles. The van der Waals surface area contributed by atoms with Gasteiger partial charge in [0.15, 0.2) is 0 Å². The molecule has 94 valence electrons. The first-order valence-electron chi connectivity index (χ1n) is 5.04. The first-order valence-corrected chi connectivity index (χ1v) is 6.18. The number of nitrogens with zero attached hydrogens (tertiary/aromatic N) is 1. The number of primary amides is 1. The molecular weight excluding hydrogens is 284 g/mol. The minimum absolute atomic E-state index is 0.204. The molecule has 0 aliphatic heterocycles. The number of hydrogen-bond acceptors (Lipinski definition) is 3. The third kappa shape index (κ3) is 4.98. The second kappa shape index (κ2) is 6.89. The smallest absolute Gasteiger partial charge is 0.217 e. The van der Waals surface area contributed by atoms with Gasteiger partial charge in [0.1, 0.15) is 11.0 Å². The van der Waals surface area contributed by atoms with E-state index in [1.165, 1.54) is 6.07 Å². The maximum absolute atomic E-state index is 10.5. The summed E-state index contributed by atoms with van der Waals surface area (Å²) in [6.45, 7) is 0.637. The zero-order valence-electron chi connectivity index (χ0n) is 8.97. The van der Waals surface area contributed by atoms with Gasteiger partial charge in [0.2, 0.25) is 5.91 Å². The molecule has 0 bridgehead atoms. The van der Waals surface area contributed by atoms with Crippen molar-refractivity contribution >= 4 is 46.5 Å². The van der Waals surface area contributed by atoms with Gasteiger partial charge in [-0.15, -0.1) is 0 Å². The predicted octanol–water partition coefficient (Wildman–Crippen LogP) is 3.11. The van der Waals surface area contributed by atoms with Crippen LogP contribution in [0.1, 0.15) is 19.3 Å². The average Bonchev–Trinajstić information content (AvgIpc) is 2.24. The summed E-state index contributed by atoms with van der Waals surface area (Å²) in [5.41, 5.74) is 5.02. The summed E-state index contributed by atoms with van der Waals surface area (Å²) in [5, 5.41) is 3.95. The van der Waals surface area contributed by atoms with Crippen molar-refractivity contribution in [2.45, 2.75) is 19.3 Å². The molecule has 17 heavy (non-hydrogen) atoms. The molecule has 0 aliphatic rings. The number of carbonyl (C=O) groups excluding carboxylic acids is 1. The number of halogens is 3.